The van der Waals surface area contributed by atoms with Crippen LogP contribution in [0.1, 0.15) is 35.0 Å². The van der Waals surface area contributed by atoms with Gasteiger partial charge in [0.25, 0.3) is 0 Å². The average Bonchev–Trinajstić information content (AvgIpc) is 2.91. The molecule has 2 N–H and O–H groups in total. The summed E-state index contributed by atoms with van der Waals surface area (Å²) in [6, 6.07) is 8.05. The summed E-state index contributed by atoms with van der Waals surface area (Å²) in [7, 11) is 0. The van der Waals surface area contributed by atoms with Crippen LogP contribution in [0, 0.1) is 13.8 Å². The van der Waals surface area contributed by atoms with Crippen LogP contribution in [-0.2, 0) is 13.0 Å². The van der Waals surface area contributed by atoms with Crippen LogP contribution in [0.2, 0.25) is 0 Å². The van der Waals surface area contributed by atoms with E-state index in [1.807, 2.05) is 25.1 Å². The molecule has 0 saturated heterocycles. The number of aryl methyl sites for hydroxylation is 2. The van der Waals surface area contributed by atoms with E-state index in [9.17, 15) is 0 Å². The van der Waals surface area contributed by atoms with Gasteiger partial charge in [-0.1, -0.05) is 18.2 Å². The summed E-state index contributed by atoms with van der Waals surface area (Å²) < 4.78 is 5.67. The minimum Gasteiger partial charge on any atom is -0.494 e. The van der Waals surface area contributed by atoms with Gasteiger partial charge in [-0.25, -0.2) is 9.98 Å². The smallest absolute Gasteiger partial charge is 0.191 e. The third kappa shape index (κ3) is 6.05. The quantitative estimate of drug-likeness (QED) is 0.559. The van der Waals surface area contributed by atoms with Crippen LogP contribution < -0.4 is 15.4 Å². The Morgan fingerprint density at radius 1 is 1.20 bits per heavy atom. The predicted octanol–water partition coefficient (Wildman–Crippen LogP) is 3.46. The molecule has 0 atom stereocenters. The van der Waals surface area contributed by atoms with Crippen molar-refractivity contribution in [2.75, 3.05) is 19.7 Å². The first-order chi connectivity index (χ1) is 12.1. The van der Waals surface area contributed by atoms with Crippen molar-refractivity contribution in [2.45, 2.75) is 40.7 Å². The summed E-state index contributed by atoms with van der Waals surface area (Å²) >= 11 is 1.77. The molecule has 0 saturated carbocycles. The maximum absolute atomic E-state index is 5.67. The summed E-state index contributed by atoms with van der Waals surface area (Å²) in [5.74, 6) is 1.73. The topological polar surface area (TPSA) is 58.5 Å². The molecule has 25 heavy (non-hydrogen) atoms. The number of para-hydroxylation sites is 1. The number of aliphatic imine (C=N–C) groups is 1. The molecular formula is C19H28N4OS. The summed E-state index contributed by atoms with van der Waals surface area (Å²) in [6.07, 6.45) is 0.956. The zero-order valence-electron chi connectivity index (χ0n) is 15.6. The second kappa shape index (κ2) is 10.0. The lowest BCUT2D eigenvalue weighted by Crippen LogP contribution is -2.38. The number of hydrogen-bond donors (Lipinski definition) is 2. The molecule has 1 heterocycles. The van der Waals surface area contributed by atoms with Crippen LogP contribution in [0.25, 0.3) is 0 Å². The molecule has 2 aromatic rings. The fraction of sp³-hybridized carbons (Fsp3) is 0.474. The Hall–Kier alpha value is -2.08. The van der Waals surface area contributed by atoms with Crippen molar-refractivity contribution in [3.05, 3.63) is 45.4 Å². The Balaban J connectivity index is 1.95. The van der Waals surface area contributed by atoms with E-state index in [2.05, 4.69) is 47.4 Å². The van der Waals surface area contributed by atoms with Crippen LogP contribution in [0.3, 0.4) is 0 Å². The minimum absolute atomic E-state index is 0.588. The second-order valence-electron chi connectivity index (χ2n) is 5.65. The Kier molecular flexibility index (Phi) is 7.73. The minimum atomic E-state index is 0.588. The third-order valence-electron chi connectivity index (χ3n) is 3.67. The molecule has 0 aliphatic heterocycles. The van der Waals surface area contributed by atoms with Gasteiger partial charge in [-0.15, -0.1) is 11.3 Å². The number of thiazole rings is 1. The summed E-state index contributed by atoms with van der Waals surface area (Å²) in [5.41, 5.74) is 2.23. The van der Waals surface area contributed by atoms with E-state index in [0.717, 1.165) is 47.5 Å². The van der Waals surface area contributed by atoms with Gasteiger partial charge in [0.15, 0.2) is 5.96 Å². The molecule has 1 aromatic heterocycles. The van der Waals surface area contributed by atoms with Crippen molar-refractivity contribution < 1.29 is 4.74 Å². The Morgan fingerprint density at radius 3 is 2.68 bits per heavy atom. The van der Waals surface area contributed by atoms with E-state index in [4.69, 9.17) is 4.74 Å². The van der Waals surface area contributed by atoms with Crippen molar-refractivity contribution in [1.29, 1.82) is 0 Å². The Labute approximate surface area is 154 Å². The standard InChI is InChI=1S/C19H28N4OS/c1-5-20-19(21-12-11-18-14(3)23-15(4)25-18)22-13-16-9-7-8-10-17(16)24-6-2/h7-10H,5-6,11-13H2,1-4H3,(H2,20,21,22). The van der Waals surface area contributed by atoms with Crippen LogP contribution in [0.15, 0.2) is 29.3 Å². The van der Waals surface area contributed by atoms with Crippen molar-refractivity contribution in [3.8, 4) is 5.75 Å². The van der Waals surface area contributed by atoms with Gasteiger partial charge in [-0.2, -0.15) is 0 Å². The fourth-order valence-electron chi connectivity index (χ4n) is 2.54. The summed E-state index contributed by atoms with van der Waals surface area (Å²) in [4.78, 5) is 10.5. The number of ether oxygens (including phenoxy) is 1. The number of nitrogens with zero attached hydrogens (tertiary/aromatic N) is 2. The molecule has 0 aliphatic carbocycles. The molecule has 6 heteroatoms. The molecule has 0 aliphatic rings. The van der Waals surface area contributed by atoms with Gasteiger partial charge in [-0.05, 0) is 33.8 Å². The molecule has 0 unspecified atom stereocenters. The Morgan fingerprint density at radius 2 is 2.00 bits per heavy atom. The van der Waals surface area contributed by atoms with E-state index in [0.29, 0.717) is 13.2 Å². The van der Waals surface area contributed by atoms with E-state index in [-0.39, 0.29) is 0 Å². The highest BCUT2D eigenvalue weighted by Crippen LogP contribution is 2.19. The molecule has 2 rings (SSSR count). The van der Waals surface area contributed by atoms with Crippen LogP contribution in [0.4, 0.5) is 0 Å². The number of hydrogen-bond acceptors (Lipinski definition) is 4. The van der Waals surface area contributed by atoms with Gasteiger partial charge in [0.1, 0.15) is 5.75 Å². The van der Waals surface area contributed by atoms with Crippen LogP contribution >= 0.6 is 11.3 Å². The number of nitrogens with one attached hydrogen (secondary N) is 2. The molecule has 0 fully saturated rings. The first-order valence-electron chi connectivity index (χ1n) is 8.79. The van der Waals surface area contributed by atoms with Gasteiger partial charge < -0.3 is 15.4 Å². The first kappa shape index (κ1) is 19.2. The summed E-state index contributed by atoms with van der Waals surface area (Å²) in [6.45, 7) is 11.1. The second-order valence-corrected chi connectivity index (χ2v) is 6.94. The lowest BCUT2D eigenvalue weighted by molar-refractivity contribution is 0.336. The molecule has 1 aromatic carbocycles. The van der Waals surface area contributed by atoms with Crippen molar-refractivity contribution in [2.24, 2.45) is 4.99 Å². The molecule has 5 nitrogen and oxygen atoms in total. The maximum Gasteiger partial charge on any atom is 0.191 e. The number of rotatable bonds is 8. The lowest BCUT2D eigenvalue weighted by atomic mass is 10.2. The number of benzene rings is 1. The van der Waals surface area contributed by atoms with Gasteiger partial charge in [0.2, 0.25) is 0 Å². The molecule has 0 bridgehead atoms. The highest BCUT2D eigenvalue weighted by atomic mass is 32.1. The fourth-order valence-corrected chi connectivity index (χ4v) is 3.47. The Bertz CT molecular complexity index is 696. The molecular weight excluding hydrogens is 332 g/mol. The average molecular weight is 361 g/mol. The van der Waals surface area contributed by atoms with Crippen molar-refractivity contribution in [3.63, 3.8) is 0 Å². The predicted molar refractivity (Wildman–Crippen MR) is 106 cm³/mol. The van der Waals surface area contributed by atoms with Crippen LogP contribution in [0.5, 0.6) is 5.75 Å². The molecule has 0 spiro atoms. The van der Waals surface area contributed by atoms with E-state index in [1.165, 1.54) is 4.88 Å². The third-order valence-corrected chi connectivity index (χ3v) is 4.80. The van der Waals surface area contributed by atoms with E-state index >= 15 is 0 Å². The summed E-state index contributed by atoms with van der Waals surface area (Å²) in [5, 5.41) is 7.83. The van der Waals surface area contributed by atoms with Gasteiger partial charge in [-0.3, -0.25) is 0 Å². The van der Waals surface area contributed by atoms with E-state index < -0.39 is 0 Å². The monoisotopic (exact) mass is 360 g/mol. The van der Waals surface area contributed by atoms with Crippen molar-refractivity contribution in [1.82, 2.24) is 15.6 Å². The largest absolute Gasteiger partial charge is 0.494 e. The van der Waals surface area contributed by atoms with Crippen LogP contribution in [-0.4, -0.2) is 30.6 Å². The highest BCUT2D eigenvalue weighted by molar-refractivity contribution is 7.11. The maximum atomic E-state index is 5.67. The van der Waals surface area contributed by atoms with Gasteiger partial charge in [0.05, 0.1) is 23.9 Å². The number of guanidine groups is 1. The first-order valence-corrected chi connectivity index (χ1v) is 9.61. The number of aromatic nitrogens is 1. The van der Waals surface area contributed by atoms with E-state index in [1.54, 1.807) is 11.3 Å². The van der Waals surface area contributed by atoms with Crippen molar-refractivity contribution >= 4 is 17.3 Å². The molecule has 136 valence electrons. The zero-order chi connectivity index (χ0) is 18.1. The zero-order valence-corrected chi connectivity index (χ0v) is 16.4. The molecule has 0 amide bonds. The lowest BCUT2D eigenvalue weighted by Gasteiger charge is -2.12. The highest BCUT2D eigenvalue weighted by Gasteiger charge is 2.06. The molecule has 0 radical (unpaired) electrons. The SMILES string of the molecule is CCNC(=NCc1ccccc1OCC)NCCc1sc(C)nc1C. The van der Waals surface area contributed by atoms with Gasteiger partial charge >= 0.3 is 0 Å². The normalized spacial score (nSPS) is 11.4. The van der Waals surface area contributed by atoms with Gasteiger partial charge in [0, 0.05) is 30.0 Å².